The molecule has 3 rings (SSSR count). The number of carbonyl (C=O) groups excluding carboxylic acids is 1. The molecule has 0 aliphatic carbocycles. The molecule has 0 bridgehead atoms. The minimum atomic E-state index is 0.125. The summed E-state index contributed by atoms with van der Waals surface area (Å²) in [6.45, 7) is 3.10. The Morgan fingerprint density at radius 2 is 1.83 bits per heavy atom. The second kappa shape index (κ2) is 6.96. The van der Waals surface area contributed by atoms with Gasteiger partial charge in [-0.1, -0.05) is 11.6 Å². The molecule has 120 valence electrons. The molecule has 0 radical (unpaired) electrons. The Morgan fingerprint density at radius 3 is 2.48 bits per heavy atom. The molecule has 0 atom stereocenters. The van der Waals surface area contributed by atoms with Crippen molar-refractivity contribution in [1.82, 2.24) is 14.9 Å². The van der Waals surface area contributed by atoms with Crippen molar-refractivity contribution in [2.75, 3.05) is 13.1 Å². The maximum absolute atomic E-state index is 11.4. The van der Waals surface area contributed by atoms with Crippen molar-refractivity contribution in [1.29, 1.82) is 0 Å². The van der Waals surface area contributed by atoms with Crippen molar-refractivity contribution in [2.24, 2.45) is 0 Å². The predicted molar refractivity (Wildman–Crippen MR) is 87.8 cm³/mol. The third-order valence-corrected chi connectivity index (χ3v) is 4.30. The molecule has 0 spiro atoms. The number of hydrogen-bond donors (Lipinski definition) is 0. The van der Waals surface area contributed by atoms with Crippen LogP contribution in [0.15, 0.2) is 36.7 Å². The first-order valence-corrected chi connectivity index (χ1v) is 8.01. The van der Waals surface area contributed by atoms with Gasteiger partial charge in [0.1, 0.15) is 11.4 Å². The average Bonchev–Trinajstić information content (AvgIpc) is 2.57. The zero-order chi connectivity index (χ0) is 16.2. The SMILES string of the molecule is CC(=O)N1CCC(c2nccnc2Oc2ccc(Cl)cc2)CC1. The molecule has 0 saturated carbocycles. The van der Waals surface area contributed by atoms with Gasteiger partial charge in [-0.25, -0.2) is 4.98 Å². The molecule has 1 amide bonds. The van der Waals surface area contributed by atoms with Crippen LogP contribution in [0, 0.1) is 0 Å². The second-order valence-corrected chi connectivity index (χ2v) is 6.02. The molecule has 1 aromatic carbocycles. The first-order chi connectivity index (χ1) is 11.1. The molecule has 1 saturated heterocycles. The summed E-state index contributed by atoms with van der Waals surface area (Å²) in [6.07, 6.45) is 5.05. The highest BCUT2D eigenvalue weighted by molar-refractivity contribution is 6.30. The summed E-state index contributed by atoms with van der Waals surface area (Å²) >= 11 is 5.89. The lowest BCUT2D eigenvalue weighted by Gasteiger charge is -2.31. The minimum absolute atomic E-state index is 0.125. The van der Waals surface area contributed by atoms with Crippen LogP contribution in [-0.2, 0) is 4.79 Å². The number of carbonyl (C=O) groups is 1. The monoisotopic (exact) mass is 331 g/mol. The molecule has 5 nitrogen and oxygen atoms in total. The van der Waals surface area contributed by atoms with Gasteiger partial charge in [0.25, 0.3) is 0 Å². The summed E-state index contributed by atoms with van der Waals surface area (Å²) in [6, 6.07) is 7.16. The number of aromatic nitrogens is 2. The van der Waals surface area contributed by atoms with Crippen molar-refractivity contribution in [3.63, 3.8) is 0 Å². The second-order valence-electron chi connectivity index (χ2n) is 5.58. The fourth-order valence-corrected chi connectivity index (χ4v) is 2.90. The molecule has 0 N–H and O–H groups in total. The third-order valence-electron chi connectivity index (χ3n) is 4.05. The summed E-state index contributed by atoms with van der Waals surface area (Å²) in [5, 5.41) is 0.660. The normalized spacial score (nSPS) is 15.5. The lowest BCUT2D eigenvalue weighted by Crippen LogP contribution is -2.36. The van der Waals surface area contributed by atoms with E-state index in [9.17, 15) is 4.79 Å². The molecule has 2 aromatic rings. The zero-order valence-corrected chi connectivity index (χ0v) is 13.7. The summed E-state index contributed by atoms with van der Waals surface area (Å²) in [5.41, 5.74) is 0.852. The number of rotatable bonds is 3. The van der Waals surface area contributed by atoms with Crippen molar-refractivity contribution in [2.45, 2.75) is 25.7 Å². The highest BCUT2D eigenvalue weighted by Gasteiger charge is 2.26. The lowest BCUT2D eigenvalue weighted by atomic mass is 9.93. The Morgan fingerprint density at radius 1 is 1.17 bits per heavy atom. The fourth-order valence-electron chi connectivity index (χ4n) is 2.78. The number of benzene rings is 1. The van der Waals surface area contributed by atoms with Crippen LogP contribution in [-0.4, -0.2) is 33.9 Å². The number of amides is 1. The van der Waals surface area contributed by atoms with Crippen LogP contribution in [0.2, 0.25) is 5.02 Å². The molecule has 0 unspecified atom stereocenters. The summed E-state index contributed by atoms with van der Waals surface area (Å²) in [4.78, 5) is 22.1. The number of halogens is 1. The maximum Gasteiger partial charge on any atom is 0.241 e. The molecule has 1 aliphatic rings. The van der Waals surface area contributed by atoms with E-state index >= 15 is 0 Å². The number of likely N-dealkylation sites (tertiary alicyclic amines) is 1. The van der Waals surface area contributed by atoms with Crippen LogP contribution in [0.25, 0.3) is 0 Å². The molecule has 1 aliphatic heterocycles. The van der Waals surface area contributed by atoms with E-state index in [1.165, 1.54) is 0 Å². The van der Waals surface area contributed by atoms with Gasteiger partial charge in [0.15, 0.2) is 0 Å². The van der Waals surface area contributed by atoms with Gasteiger partial charge < -0.3 is 9.64 Å². The van der Waals surface area contributed by atoms with Gasteiger partial charge in [-0.2, -0.15) is 0 Å². The Balaban J connectivity index is 1.76. The molecule has 1 fully saturated rings. The van der Waals surface area contributed by atoms with Gasteiger partial charge in [-0.05, 0) is 37.1 Å². The van der Waals surface area contributed by atoms with E-state index in [1.54, 1.807) is 43.6 Å². The van der Waals surface area contributed by atoms with Gasteiger partial charge in [-0.15, -0.1) is 0 Å². The van der Waals surface area contributed by atoms with E-state index in [4.69, 9.17) is 16.3 Å². The molecular formula is C17H18ClN3O2. The van der Waals surface area contributed by atoms with E-state index in [2.05, 4.69) is 9.97 Å². The van der Waals surface area contributed by atoms with Crippen LogP contribution in [0.4, 0.5) is 0 Å². The Kier molecular flexibility index (Phi) is 4.76. The largest absolute Gasteiger partial charge is 0.437 e. The fraction of sp³-hybridized carbons (Fsp3) is 0.353. The van der Waals surface area contributed by atoms with Crippen molar-refractivity contribution >= 4 is 17.5 Å². The van der Waals surface area contributed by atoms with Crippen LogP contribution < -0.4 is 4.74 Å². The number of nitrogens with zero attached hydrogens (tertiary/aromatic N) is 3. The van der Waals surface area contributed by atoms with E-state index < -0.39 is 0 Å². The van der Waals surface area contributed by atoms with Crippen molar-refractivity contribution in [3.05, 3.63) is 47.4 Å². The van der Waals surface area contributed by atoms with Gasteiger partial charge in [-0.3, -0.25) is 9.78 Å². The van der Waals surface area contributed by atoms with Crippen LogP contribution in [0.3, 0.4) is 0 Å². The Bertz CT molecular complexity index is 682. The van der Waals surface area contributed by atoms with Crippen molar-refractivity contribution < 1.29 is 9.53 Å². The highest BCUT2D eigenvalue weighted by Crippen LogP contribution is 2.33. The first-order valence-electron chi connectivity index (χ1n) is 7.63. The van der Waals surface area contributed by atoms with E-state index in [-0.39, 0.29) is 11.8 Å². The topological polar surface area (TPSA) is 55.3 Å². The molecule has 6 heteroatoms. The van der Waals surface area contributed by atoms with E-state index in [1.807, 2.05) is 4.90 Å². The van der Waals surface area contributed by atoms with Crippen molar-refractivity contribution in [3.8, 4) is 11.6 Å². The summed E-state index contributed by atoms with van der Waals surface area (Å²) in [7, 11) is 0. The standard InChI is InChI=1S/C17H18ClN3O2/c1-12(22)21-10-6-13(7-11-21)16-17(20-9-8-19-16)23-15-4-2-14(18)3-5-15/h2-5,8-9,13H,6-7,10-11H2,1H3. The molecular weight excluding hydrogens is 314 g/mol. The third kappa shape index (κ3) is 3.79. The number of piperidine rings is 1. The van der Waals surface area contributed by atoms with Gasteiger partial charge in [0.05, 0.1) is 0 Å². The molecule has 2 heterocycles. The summed E-state index contributed by atoms with van der Waals surface area (Å²) < 4.78 is 5.88. The average molecular weight is 332 g/mol. The quantitative estimate of drug-likeness (QED) is 0.861. The van der Waals surface area contributed by atoms with Gasteiger partial charge >= 0.3 is 0 Å². The minimum Gasteiger partial charge on any atom is -0.437 e. The Hall–Kier alpha value is -2.14. The van der Waals surface area contributed by atoms with Crippen LogP contribution >= 0.6 is 11.6 Å². The first kappa shape index (κ1) is 15.7. The molecule has 23 heavy (non-hydrogen) atoms. The number of hydrogen-bond acceptors (Lipinski definition) is 4. The maximum atomic E-state index is 11.4. The van der Waals surface area contributed by atoms with Gasteiger partial charge in [0.2, 0.25) is 11.8 Å². The lowest BCUT2D eigenvalue weighted by molar-refractivity contribution is -0.129. The van der Waals surface area contributed by atoms with E-state index in [0.717, 1.165) is 31.6 Å². The number of ether oxygens (including phenoxy) is 1. The predicted octanol–water partition coefficient (Wildman–Crippen LogP) is 3.65. The summed E-state index contributed by atoms with van der Waals surface area (Å²) in [5.74, 6) is 1.58. The van der Waals surface area contributed by atoms with Crippen LogP contribution in [0.5, 0.6) is 11.6 Å². The van der Waals surface area contributed by atoms with Gasteiger partial charge in [0, 0.05) is 43.3 Å². The zero-order valence-electron chi connectivity index (χ0n) is 12.9. The highest BCUT2D eigenvalue weighted by atomic mass is 35.5. The van der Waals surface area contributed by atoms with Crippen LogP contribution in [0.1, 0.15) is 31.4 Å². The molecule has 1 aromatic heterocycles. The van der Waals surface area contributed by atoms with E-state index in [0.29, 0.717) is 16.7 Å². The smallest absolute Gasteiger partial charge is 0.241 e. The Labute approximate surface area is 140 Å².